The Balaban J connectivity index is 3.16. The minimum Gasteiger partial charge on any atom is -0.0601 e. The van der Waals surface area contributed by atoms with Gasteiger partial charge in [-0.3, -0.25) is 0 Å². The van der Waals surface area contributed by atoms with Crippen LogP contribution >= 0.6 is 8.46 Å². The highest BCUT2D eigenvalue weighted by Gasteiger charge is 1.61. The third kappa shape index (κ3) is 3.66. The van der Waals surface area contributed by atoms with Crippen molar-refractivity contribution in [2.45, 2.75) is 6.92 Å². The number of hydrogen-bond donors (Lipinski definition) is 0. The van der Waals surface area contributed by atoms with Crippen molar-refractivity contribution in [1.29, 1.82) is 0 Å². The lowest BCUT2D eigenvalue weighted by atomic mass is 10.9. The predicted molar refractivity (Wildman–Crippen MR) is 22.5 cm³/mol. The highest BCUT2D eigenvalue weighted by molar-refractivity contribution is 7.30. The van der Waals surface area contributed by atoms with Crippen LogP contribution in [0.5, 0.6) is 0 Å². The summed E-state index contributed by atoms with van der Waals surface area (Å²) in [6.07, 6.45) is 0. The van der Waals surface area contributed by atoms with Crippen LogP contribution in [0, 0.1) is 11.6 Å². The zero-order valence-electron chi connectivity index (χ0n) is 2.91. The molecule has 0 aromatic carbocycles. The van der Waals surface area contributed by atoms with Crippen LogP contribution in [-0.4, -0.2) is 0 Å². The molecule has 1 atom stereocenters. The molecule has 0 aromatic heterocycles. The number of rotatable bonds is 0. The van der Waals surface area contributed by atoms with Gasteiger partial charge in [0.25, 0.3) is 0 Å². The molecule has 0 bridgehead atoms. The van der Waals surface area contributed by atoms with Crippen LogP contribution in [0.25, 0.3) is 0 Å². The molecule has 1 unspecified atom stereocenters. The normalized spacial score (nSPS) is 5.80. The van der Waals surface area contributed by atoms with Crippen LogP contribution < -0.4 is 0 Å². The topological polar surface area (TPSA) is 17.1 Å². The molecule has 5 heavy (non-hydrogen) atoms. The highest BCUT2D eigenvalue weighted by Crippen LogP contribution is 1.79. The molecule has 26 valence electrons. The van der Waals surface area contributed by atoms with Gasteiger partial charge in [0.05, 0.1) is 0 Å². The molecule has 0 saturated heterocycles. The molecular formula is C3H4OP+. The largest absolute Gasteiger partial charge is 0.414 e. The van der Waals surface area contributed by atoms with Crippen LogP contribution in [0.3, 0.4) is 0 Å². The van der Waals surface area contributed by atoms with Gasteiger partial charge < -0.3 is 0 Å². The lowest BCUT2D eigenvalue weighted by Gasteiger charge is -1.29. The summed E-state index contributed by atoms with van der Waals surface area (Å²) >= 11 is 0. The van der Waals surface area contributed by atoms with Crippen LogP contribution in [0.2, 0.25) is 0 Å². The summed E-state index contributed by atoms with van der Waals surface area (Å²) in [6.45, 7) is 1.66. The lowest BCUT2D eigenvalue weighted by Crippen LogP contribution is -1.24. The van der Waals surface area contributed by atoms with Crippen molar-refractivity contribution in [2.24, 2.45) is 0 Å². The fourth-order valence-electron chi connectivity index (χ4n) is 0.0510. The molecule has 0 rings (SSSR count). The van der Waals surface area contributed by atoms with Crippen molar-refractivity contribution in [3.63, 3.8) is 0 Å². The average molecular weight is 87.0 g/mol. The van der Waals surface area contributed by atoms with Gasteiger partial charge in [0.15, 0.2) is 5.66 Å². The van der Waals surface area contributed by atoms with Crippen LogP contribution in [0.15, 0.2) is 0 Å². The minimum atomic E-state index is -0.453. The van der Waals surface area contributed by atoms with E-state index in [2.05, 4.69) is 11.6 Å². The van der Waals surface area contributed by atoms with E-state index < -0.39 is 8.46 Å². The summed E-state index contributed by atoms with van der Waals surface area (Å²) in [6, 6.07) is 0. The standard InChI is InChI=1S/C3H3OP/c1-2-3-5-4/h1H3/p+1. The van der Waals surface area contributed by atoms with E-state index in [-0.39, 0.29) is 0 Å². The summed E-state index contributed by atoms with van der Waals surface area (Å²) in [7, 11) is -0.453. The first-order valence-corrected chi connectivity index (χ1v) is 2.11. The predicted octanol–water partition coefficient (Wildman–Crippen LogP) is 0.991. The van der Waals surface area contributed by atoms with Gasteiger partial charge in [-0.1, -0.05) is 10.5 Å². The molecular weight excluding hydrogens is 83.0 g/mol. The number of hydrogen-bond acceptors (Lipinski definition) is 1. The molecule has 0 amide bonds. The monoisotopic (exact) mass is 87.0 g/mol. The van der Waals surface area contributed by atoms with E-state index >= 15 is 0 Å². The van der Waals surface area contributed by atoms with E-state index in [1.807, 2.05) is 0 Å². The van der Waals surface area contributed by atoms with Gasteiger partial charge in [-0.25, -0.2) is 0 Å². The van der Waals surface area contributed by atoms with E-state index in [1.54, 1.807) is 6.92 Å². The Morgan fingerprint density at radius 1 is 1.80 bits per heavy atom. The van der Waals surface area contributed by atoms with Gasteiger partial charge in [-0.05, 0) is 0 Å². The second-order valence-electron chi connectivity index (χ2n) is 0.477. The molecule has 2 heteroatoms. The lowest BCUT2D eigenvalue weighted by molar-refractivity contribution is 0.603. The summed E-state index contributed by atoms with van der Waals surface area (Å²) in [4.78, 5) is 0. The zero-order valence-corrected chi connectivity index (χ0v) is 3.91. The van der Waals surface area contributed by atoms with E-state index in [1.165, 1.54) is 0 Å². The fraction of sp³-hybridized carbons (Fsp3) is 0.333. The maximum atomic E-state index is 9.38. The van der Waals surface area contributed by atoms with Gasteiger partial charge in [0.1, 0.15) is 0 Å². The van der Waals surface area contributed by atoms with Crippen molar-refractivity contribution in [3.05, 3.63) is 0 Å². The van der Waals surface area contributed by atoms with Crippen molar-refractivity contribution < 1.29 is 4.57 Å². The molecule has 0 spiro atoms. The van der Waals surface area contributed by atoms with Crippen LogP contribution in [0.1, 0.15) is 6.92 Å². The first-order valence-electron chi connectivity index (χ1n) is 1.20. The Hall–Kier alpha value is -0.340. The van der Waals surface area contributed by atoms with E-state index in [9.17, 15) is 4.57 Å². The van der Waals surface area contributed by atoms with Gasteiger partial charge in [0.2, 0.25) is 0 Å². The van der Waals surface area contributed by atoms with Crippen molar-refractivity contribution in [3.8, 4) is 11.6 Å². The Morgan fingerprint density at radius 2 is 2.40 bits per heavy atom. The Morgan fingerprint density at radius 3 is 2.40 bits per heavy atom. The molecule has 0 aliphatic heterocycles. The molecule has 1 nitrogen and oxygen atoms in total. The Labute approximate surface area is 32.6 Å². The summed E-state index contributed by atoms with van der Waals surface area (Å²) < 4.78 is 9.38. The average Bonchev–Trinajstić information content (AvgIpc) is 1.41. The van der Waals surface area contributed by atoms with Crippen molar-refractivity contribution in [1.82, 2.24) is 0 Å². The first kappa shape index (κ1) is 4.66. The molecule has 0 radical (unpaired) electrons. The van der Waals surface area contributed by atoms with Gasteiger partial charge in [-0.15, -0.1) is 0 Å². The minimum absolute atomic E-state index is 0.453. The maximum absolute atomic E-state index is 9.38. The third-order valence-corrected chi connectivity index (χ3v) is 0.528. The second-order valence-corrected chi connectivity index (χ2v) is 0.931. The molecule has 0 aliphatic rings. The Bertz CT molecular complexity index is 76.6. The van der Waals surface area contributed by atoms with Gasteiger partial charge >= 0.3 is 8.46 Å². The third-order valence-electron chi connectivity index (χ3n) is 0.176. The molecule has 0 aromatic rings. The zero-order chi connectivity index (χ0) is 4.12. The molecule has 0 heterocycles. The highest BCUT2D eigenvalue weighted by atomic mass is 31.1. The van der Waals surface area contributed by atoms with Gasteiger partial charge in [0, 0.05) is 6.92 Å². The quantitative estimate of drug-likeness (QED) is 0.318. The van der Waals surface area contributed by atoms with Crippen molar-refractivity contribution >= 4 is 8.46 Å². The summed E-state index contributed by atoms with van der Waals surface area (Å²) in [5.74, 6) is 2.47. The maximum Gasteiger partial charge on any atom is 0.414 e. The fourth-order valence-corrected chi connectivity index (χ4v) is 0.153. The summed E-state index contributed by atoms with van der Waals surface area (Å²) in [5.41, 5.74) is 2.33. The van der Waals surface area contributed by atoms with Crippen LogP contribution in [-0.2, 0) is 4.57 Å². The van der Waals surface area contributed by atoms with Gasteiger partial charge in [-0.2, -0.15) is 0 Å². The molecule has 0 fully saturated rings. The van der Waals surface area contributed by atoms with E-state index in [0.29, 0.717) is 0 Å². The van der Waals surface area contributed by atoms with E-state index in [4.69, 9.17) is 0 Å². The van der Waals surface area contributed by atoms with E-state index in [0.717, 1.165) is 0 Å². The first-order chi connectivity index (χ1) is 2.41. The Kier molecular flexibility index (Phi) is 3.41. The van der Waals surface area contributed by atoms with Crippen molar-refractivity contribution in [2.75, 3.05) is 0 Å². The second kappa shape index (κ2) is 3.66. The molecule has 0 saturated carbocycles. The summed E-state index contributed by atoms with van der Waals surface area (Å²) in [5, 5.41) is 0. The SMILES string of the molecule is CC#C[PH+]=O. The van der Waals surface area contributed by atoms with Crippen LogP contribution in [0.4, 0.5) is 0 Å². The smallest absolute Gasteiger partial charge is 0.0601 e. The molecule has 0 aliphatic carbocycles. The molecule has 0 N–H and O–H groups in total.